The van der Waals surface area contributed by atoms with E-state index in [1.165, 1.54) is 0 Å². The van der Waals surface area contributed by atoms with Crippen molar-refractivity contribution in [2.45, 2.75) is 24.8 Å². The lowest BCUT2D eigenvalue weighted by Gasteiger charge is -2.46. The summed E-state index contributed by atoms with van der Waals surface area (Å²) in [7, 11) is 0. The van der Waals surface area contributed by atoms with Crippen LogP contribution < -0.4 is 10.5 Å². The second-order valence-corrected chi connectivity index (χ2v) is 7.99. The zero-order valence-corrected chi connectivity index (χ0v) is 16.7. The summed E-state index contributed by atoms with van der Waals surface area (Å²) in [5, 5.41) is 8.86. The Morgan fingerprint density at radius 2 is 1.69 bits per heavy atom. The molecule has 2 aliphatic heterocycles. The molecule has 2 saturated heterocycles. The number of hydrogen-bond acceptors (Lipinski definition) is 6. The average molecular weight is 396 g/mol. The van der Waals surface area contributed by atoms with Gasteiger partial charge in [0.2, 0.25) is 0 Å². The third-order valence-electron chi connectivity index (χ3n) is 5.51. The zero-order valence-electron chi connectivity index (χ0n) is 16.7. The fraction of sp³-hybridized carbons (Fsp3) is 0.500. The summed E-state index contributed by atoms with van der Waals surface area (Å²) < 4.78 is 14.2. The molecule has 0 amide bonds. The third-order valence-corrected chi connectivity index (χ3v) is 5.51. The van der Waals surface area contributed by atoms with E-state index in [9.17, 15) is 0 Å². The maximum Gasteiger partial charge on any atom is 0.119 e. The zero-order chi connectivity index (χ0) is 20.1. The van der Waals surface area contributed by atoms with Gasteiger partial charge in [0, 0.05) is 58.2 Å². The molecule has 2 N–H and O–H groups in total. The molecule has 3 atom stereocenters. The lowest BCUT2D eigenvalue weighted by Crippen LogP contribution is -2.61. The van der Waals surface area contributed by atoms with Gasteiger partial charge >= 0.3 is 0 Å². The summed E-state index contributed by atoms with van der Waals surface area (Å²) >= 11 is 0. The fourth-order valence-corrected chi connectivity index (χ4v) is 4.18. The molecule has 7 nitrogen and oxygen atoms in total. The number of benzene rings is 1. The SMILES string of the molecule is N#Cc1ccc(OC[C@@H](N)CN2CC3CN(CCn4cccc4)CC(C2)O3)cc1. The first kappa shape index (κ1) is 19.9. The van der Waals surface area contributed by atoms with Crippen LogP contribution in [-0.2, 0) is 11.3 Å². The number of hydrogen-bond donors (Lipinski definition) is 1. The Hall–Kier alpha value is -2.37. The van der Waals surface area contributed by atoms with Crippen LogP contribution in [0.2, 0.25) is 0 Å². The van der Waals surface area contributed by atoms with Crippen molar-refractivity contribution in [1.29, 1.82) is 5.26 Å². The second-order valence-electron chi connectivity index (χ2n) is 7.99. The quantitative estimate of drug-likeness (QED) is 0.722. The number of fused-ring (bicyclic) bond motifs is 2. The largest absolute Gasteiger partial charge is 0.492 e. The van der Waals surface area contributed by atoms with Crippen LogP contribution in [0.4, 0.5) is 0 Å². The number of rotatable bonds is 8. The molecular formula is C22H29N5O2. The molecule has 0 saturated carbocycles. The Balaban J connectivity index is 1.19. The Labute approximate surface area is 172 Å². The third kappa shape index (κ3) is 5.58. The van der Waals surface area contributed by atoms with E-state index in [0.717, 1.165) is 51.6 Å². The molecule has 1 aromatic heterocycles. The van der Waals surface area contributed by atoms with Crippen molar-refractivity contribution >= 4 is 0 Å². The smallest absolute Gasteiger partial charge is 0.119 e. The van der Waals surface area contributed by atoms with Crippen molar-refractivity contribution in [2.24, 2.45) is 5.73 Å². The van der Waals surface area contributed by atoms with Crippen LogP contribution in [-0.4, -0.2) is 78.5 Å². The van der Waals surface area contributed by atoms with E-state index in [4.69, 9.17) is 20.5 Å². The van der Waals surface area contributed by atoms with E-state index in [2.05, 4.69) is 45.0 Å². The number of morpholine rings is 2. The Kier molecular flexibility index (Phi) is 6.47. The van der Waals surface area contributed by atoms with Gasteiger partial charge in [-0.05, 0) is 36.4 Å². The molecule has 7 heteroatoms. The van der Waals surface area contributed by atoms with E-state index in [1.54, 1.807) is 12.1 Å². The van der Waals surface area contributed by atoms with Gasteiger partial charge in [-0.15, -0.1) is 0 Å². The van der Waals surface area contributed by atoms with Crippen LogP contribution in [0.1, 0.15) is 5.56 Å². The average Bonchev–Trinajstić information content (AvgIpc) is 3.24. The fourth-order valence-electron chi connectivity index (χ4n) is 4.18. The molecule has 4 rings (SSSR count). The summed E-state index contributed by atoms with van der Waals surface area (Å²) in [6.45, 7) is 7.13. The van der Waals surface area contributed by atoms with Crippen molar-refractivity contribution in [3.63, 3.8) is 0 Å². The number of nitrogens with two attached hydrogens (primary N) is 1. The van der Waals surface area contributed by atoms with E-state index < -0.39 is 0 Å². The van der Waals surface area contributed by atoms with Gasteiger partial charge in [-0.2, -0.15) is 5.26 Å². The van der Waals surface area contributed by atoms with Gasteiger partial charge in [0.15, 0.2) is 0 Å². The van der Waals surface area contributed by atoms with E-state index in [1.807, 2.05) is 12.1 Å². The predicted molar refractivity (Wildman–Crippen MR) is 111 cm³/mol. The maximum absolute atomic E-state index is 8.86. The van der Waals surface area contributed by atoms with Gasteiger partial charge in [-0.25, -0.2) is 0 Å². The maximum atomic E-state index is 8.86. The number of aromatic nitrogens is 1. The summed E-state index contributed by atoms with van der Waals surface area (Å²) in [5.74, 6) is 0.747. The topological polar surface area (TPSA) is 79.7 Å². The normalized spacial score (nSPS) is 23.4. The highest BCUT2D eigenvalue weighted by atomic mass is 16.5. The molecule has 2 fully saturated rings. The highest BCUT2D eigenvalue weighted by Crippen LogP contribution is 2.19. The molecular weight excluding hydrogens is 366 g/mol. The molecule has 2 bridgehead atoms. The molecule has 154 valence electrons. The molecule has 1 aromatic carbocycles. The van der Waals surface area contributed by atoms with Crippen molar-refractivity contribution < 1.29 is 9.47 Å². The van der Waals surface area contributed by atoms with Gasteiger partial charge < -0.3 is 19.8 Å². The first-order chi connectivity index (χ1) is 14.2. The summed E-state index contributed by atoms with van der Waals surface area (Å²) in [6, 6.07) is 13.3. The predicted octanol–water partition coefficient (Wildman–Crippen LogP) is 1.15. The van der Waals surface area contributed by atoms with Crippen molar-refractivity contribution in [3.8, 4) is 11.8 Å². The minimum absolute atomic E-state index is 0.0608. The van der Waals surface area contributed by atoms with E-state index in [0.29, 0.717) is 12.2 Å². The Morgan fingerprint density at radius 1 is 1.03 bits per heavy atom. The molecule has 29 heavy (non-hydrogen) atoms. The standard InChI is InChI=1S/C22H29N5O2/c23-11-18-3-5-20(6-4-18)28-17-19(24)12-27-15-21-13-26(14-22(16-27)29-21)10-9-25-7-1-2-8-25/h1-8,19,21-22H,9-10,12-17,24H2/t19-,21?,22?/m0/s1. The first-order valence-corrected chi connectivity index (χ1v) is 10.3. The molecule has 2 unspecified atom stereocenters. The second kappa shape index (κ2) is 9.42. The van der Waals surface area contributed by atoms with Crippen LogP contribution in [0.15, 0.2) is 48.8 Å². The minimum atomic E-state index is -0.0608. The number of nitrogens with zero attached hydrogens (tertiary/aromatic N) is 4. The molecule has 2 aliphatic rings. The van der Waals surface area contributed by atoms with Gasteiger partial charge in [-0.1, -0.05) is 0 Å². The molecule has 0 radical (unpaired) electrons. The molecule has 0 aliphatic carbocycles. The highest BCUT2D eigenvalue weighted by molar-refractivity contribution is 5.34. The van der Waals surface area contributed by atoms with Crippen LogP contribution in [0.3, 0.4) is 0 Å². The van der Waals surface area contributed by atoms with Gasteiger partial charge in [0.1, 0.15) is 12.4 Å². The summed E-state index contributed by atoms with van der Waals surface area (Å²) in [6.07, 6.45) is 4.73. The molecule has 3 heterocycles. The monoisotopic (exact) mass is 395 g/mol. The minimum Gasteiger partial charge on any atom is -0.492 e. The van der Waals surface area contributed by atoms with Crippen LogP contribution >= 0.6 is 0 Å². The van der Waals surface area contributed by atoms with Crippen molar-refractivity contribution in [2.75, 3.05) is 45.9 Å². The van der Waals surface area contributed by atoms with Crippen LogP contribution in [0, 0.1) is 11.3 Å². The molecule has 2 aromatic rings. The highest BCUT2D eigenvalue weighted by Gasteiger charge is 2.35. The summed E-state index contributed by atoms with van der Waals surface area (Å²) in [5.41, 5.74) is 6.94. The Bertz CT molecular complexity index is 788. The lowest BCUT2D eigenvalue weighted by molar-refractivity contribution is -0.139. The first-order valence-electron chi connectivity index (χ1n) is 10.3. The summed E-state index contributed by atoms with van der Waals surface area (Å²) in [4.78, 5) is 4.93. The van der Waals surface area contributed by atoms with Crippen molar-refractivity contribution in [3.05, 3.63) is 54.4 Å². The number of nitriles is 1. The van der Waals surface area contributed by atoms with Crippen LogP contribution in [0.5, 0.6) is 5.75 Å². The Morgan fingerprint density at radius 3 is 2.34 bits per heavy atom. The lowest BCUT2D eigenvalue weighted by atomic mass is 10.1. The van der Waals surface area contributed by atoms with Gasteiger partial charge in [0.05, 0.1) is 29.9 Å². The molecule has 0 spiro atoms. The van der Waals surface area contributed by atoms with E-state index >= 15 is 0 Å². The number of ether oxygens (including phenoxy) is 2. The van der Waals surface area contributed by atoms with Crippen molar-refractivity contribution in [1.82, 2.24) is 14.4 Å². The van der Waals surface area contributed by atoms with E-state index in [-0.39, 0.29) is 18.2 Å². The van der Waals surface area contributed by atoms with Gasteiger partial charge in [-0.3, -0.25) is 9.80 Å². The van der Waals surface area contributed by atoms with Gasteiger partial charge in [0.25, 0.3) is 0 Å². The van der Waals surface area contributed by atoms with Crippen LogP contribution in [0.25, 0.3) is 0 Å².